The van der Waals surface area contributed by atoms with Crippen molar-refractivity contribution in [1.29, 1.82) is 0 Å². The van der Waals surface area contributed by atoms with Crippen LogP contribution in [0.4, 0.5) is 15.8 Å². The lowest BCUT2D eigenvalue weighted by Crippen LogP contribution is -2.31. The Labute approximate surface area is 198 Å². The Morgan fingerprint density at radius 1 is 1.00 bits per heavy atom. The van der Waals surface area contributed by atoms with Crippen molar-refractivity contribution in [1.82, 2.24) is 16.0 Å². The van der Waals surface area contributed by atoms with E-state index in [0.717, 1.165) is 55.6 Å². The van der Waals surface area contributed by atoms with Crippen LogP contribution in [0.2, 0.25) is 0 Å². The van der Waals surface area contributed by atoms with Crippen molar-refractivity contribution < 1.29 is 14.0 Å². The fourth-order valence-corrected chi connectivity index (χ4v) is 4.42. The molecule has 5 rings (SSSR count). The van der Waals surface area contributed by atoms with Crippen molar-refractivity contribution >= 4 is 29.1 Å². The van der Waals surface area contributed by atoms with Crippen LogP contribution < -0.4 is 21.3 Å². The number of guanidine groups is 1. The van der Waals surface area contributed by atoms with Gasteiger partial charge in [-0.25, -0.2) is 4.39 Å². The third-order valence-corrected chi connectivity index (χ3v) is 6.30. The Kier molecular flexibility index (Phi) is 5.98. The van der Waals surface area contributed by atoms with Crippen LogP contribution in [0.5, 0.6) is 0 Å². The number of carbonyl (C=O) groups is 2. The maximum absolute atomic E-state index is 14.6. The molecule has 2 aliphatic carbocycles. The van der Waals surface area contributed by atoms with E-state index in [0.29, 0.717) is 28.7 Å². The predicted molar refractivity (Wildman–Crippen MR) is 130 cm³/mol. The van der Waals surface area contributed by atoms with Crippen LogP contribution in [-0.2, 0) is 0 Å². The van der Waals surface area contributed by atoms with E-state index in [1.54, 1.807) is 6.07 Å². The second-order valence-corrected chi connectivity index (χ2v) is 9.64. The van der Waals surface area contributed by atoms with Gasteiger partial charge in [0, 0.05) is 41.6 Å². The molecule has 0 radical (unpaired) electrons. The molecule has 3 aliphatic rings. The highest BCUT2D eigenvalue weighted by Gasteiger charge is 2.33. The summed E-state index contributed by atoms with van der Waals surface area (Å²) in [6.07, 6.45) is 4.05. The van der Waals surface area contributed by atoms with E-state index in [2.05, 4.69) is 26.3 Å². The van der Waals surface area contributed by atoms with E-state index in [-0.39, 0.29) is 23.8 Å². The molecule has 1 aliphatic heterocycles. The SMILES string of the molecule is CC(C)NC(=O)c1cc(F)cc(Nc2ccc(C(=O)N=C3NCCN3)cc2C2CC2)c1C1CC1. The fraction of sp³-hybridized carbons (Fsp3) is 0.423. The quantitative estimate of drug-likeness (QED) is 0.495. The first-order valence-corrected chi connectivity index (χ1v) is 12.0. The first-order valence-electron chi connectivity index (χ1n) is 12.0. The zero-order valence-corrected chi connectivity index (χ0v) is 19.5. The zero-order valence-electron chi connectivity index (χ0n) is 19.5. The van der Waals surface area contributed by atoms with Crippen molar-refractivity contribution in [3.63, 3.8) is 0 Å². The summed E-state index contributed by atoms with van der Waals surface area (Å²) >= 11 is 0. The highest BCUT2D eigenvalue weighted by atomic mass is 19.1. The Bertz CT molecular complexity index is 1160. The topological polar surface area (TPSA) is 94.6 Å². The van der Waals surface area contributed by atoms with Crippen molar-refractivity contribution in [2.24, 2.45) is 4.99 Å². The maximum atomic E-state index is 14.6. The molecular formula is C26H30FN5O2. The van der Waals surface area contributed by atoms with Gasteiger partial charge >= 0.3 is 0 Å². The summed E-state index contributed by atoms with van der Waals surface area (Å²) < 4.78 is 14.6. The van der Waals surface area contributed by atoms with E-state index in [4.69, 9.17) is 0 Å². The highest BCUT2D eigenvalue weighted by molar-refractivity contribution is 6.03. The molecule has 34 heavy (non-hydrogen) atoms. The van der Waals surface area contributed by atoms with Crippen molar-refractivity contribution in [3.05, 3.63) is 58.4 Å². The summed E-state index contributed by atoms with van der Waals surface area (Å²) in [5.74, 6) is 0.0865. The molecule has 0 aromatic heterocycles. The fourth-order valence-electron chi connectivity index (χ4n) is 4.42. The van der Waals surface area contributed by atoms with Crippen LogP contribution in [0.3, 0.4) is 0 Å². The molecule has 1 saturated heterocycles. The molecule has 0 bridgehead atoms. The van der Waals surface area contributed by atoms with Crippen LogP contribution in [-0.4, -0.2) is 36.9 Å². The number of carbonyl (C=O) groups excluding carboxylic acids is 2. The number of nitrogens with one attached hydrogen (secondary N) is 4. The lowest BCUT2D eigenvalue weighted by atomic mass is 9.98. The summed E-state index contributed by atoms with van der Waals surface area (Å²) in [6.45, 7) is 5.27. The van der Waals surface area contributed by atoms with Crippen LogP contribution >= 0.6 is 0 Å². The smallest absolute Gasteiger partial charge is 0.280 e. The van der Waals surface area contributed by atoms with E-state index in [9.17, 15) is 14.0 Å². The zero-order chi connectivity index (χ0) is 23.8. The van der Waals surface area contributed by atoms with E-state index in [1.165, 1.54) is 12.1 Å². The van der Waals surface area contributed by atoms with Gasteiger partial charge in [-0.1, -0.05) is 0 Å². The standard InChI is InChI=1S/C26H30FN5O2/c1-14(2)30-25(34)20-12-18(27)13-22(23(20)16-5-6-16)31-21-8-7-17(11-19(21)15-3-4-15)24(33)32-26-28-9-10-29-26/h7-8,11-16,31H,3-6,9-10H2,1-2H3,(H,30,34)(H2,28,29,32,33). The number of halogens is 1. The molecule has 2 aromatic carbocycles. The largest absolute Gasteiger partial charge is 0.355 e. The Morgan fingerprint density at radius 3 is 2.35 bits per heavy atom. The number of amides is 2. The summed E-state index contributed by atoms with van der Waals surface area (Å²) in [6, 6.07) is 8.28. The number of hydrogen-bond acceptors (Lipinski definition) is 3. The van der Waals surface area contributed by atoms with Gasteiger partial charge in [-0.05, 0) is 92.8 Å². The number of hydrogen-bond donors (Lipinski definition) is 4. The minimum absolute atomic E-state index is 0.0380. The van der Waals surface area contributed by atoms with Crippen LogP contribution in [0.15, 0.2) is 35.3 Å². The second-order valence-electron chi connectivity index (χ2n) is 9.64. The Hall–Kier alpha value is -3.42. The van der Waals surface area contributed by atoms with Gasteiger partial charge in [0.2, 0.25) is 0 Å². The Balaban J connectivity index is 1.48. The third kappa shape index (κ3) is 4.90. The number of benzene rings is 2. The molecule has 4 N–H and O–H groups in total. The van der Waals surface area contributed by atoms with Crippen LogP contribution in [0, 0.1) is 5.82 Å². The number of aliphatic imine (C=N–C) groups is 1. The van der Waals surface area contributed by atoms with Crippen molar-refractivity contribution in [2.45, 2.75) is 57.4 Å². The summed E-state index contributed by atoms with van der Waals surface area (Å²) in [5, 5.41) is 12.4. The molecule has 2 aromatic rings. The Morgan fingerprint density at radius 2 is 1.71 bits per heavy atom. The van der Waals surface area contributed by atoms with Gasteiger partial charge in [0.05, 0.1) is 0 Å². The molecular weight excluding hydrogens is 433 g/mol. The monoisotopic (exact) mass is 463 g/mol. The van der Waals surface area contributed by atoms with Gasteiger partial charge in [-0.3, -0.25) is 9.59 Å². The lowest BCUT2D eigenvalue weighted by Gasteiger charge is -2.19. The number of rotatable bonds is 7. The van der Waals surface area contributed by atoms with Gasteiger partial charge in [0.15, 0.2) is 5.96 Å². The van der Waals surface area contributed by atoms with Gasteiger partial charge in [0.25, 0.3) is 11.8 Å². The maximum Gasteiger partial charge on any atom is 0.280 e. The van der Waals surface area contributed by atoms with E-state index in [1.807, 2.05) is 26.0 Å². The van der Waals surface area contributed by atoms with E-state index < -0.39 is 5.82 Å². The number of anilines is 2. The van der Waals surface area contributed by atoms with Gasteiger partial charge in [0.1, 0.15) is 5.82 Å². The van der Waals surface area contributed by atoms with E-state index >= 15 is 0 Å². The minimum Gasteiger partial charge on any atom is -0.355 e. The molecule has 1 heterocycles. The molecule has 2 saturated carbocycles. The van der Waals surface area contributed by atoms with Crippen molar-refractivity contribution in [3.8, 4) is 0 Å². The molecule has 8 heteroatoms. The predicted octanol–water partition coefficient (Wildman–Crippen LogP) is 4.15. The second kappa shape index (κ2) is 9.08. The average molecular weight is 464 g/mol. The van der Waals surface area contributed by atoms with Crippen LogP contribution in [0.1, 0.15) is 83.2 Å². The summed E-state index contributed by atoms with van der Waals surface area (Å²) in [7, 11) is 0. The lowest BCUT2D eigenvalue weighted by molar-refractivity contribution is 0.0940. The normalized spacial score (nSPS) is 17.2. The molecule has 0 atom stereocenters. The summed E-state index contributed by atoms with van der Waals surface area (Å²) in [4.78, 5) is 29.7. The van der Waals surface area contributed by atoms with Crippen molar-refractivity contribution in [2.75, 3.05) is 18.4 Å². The molecule has 2 amide bonds. The third-order valence-electron chi connectivity index (χ3n) is 6.30. The molecule has 178 valence electrons. The first-order chi connectivity index (χ1) is 16.4. The minimum atomic E-state index is -0.451. The van der Waals surface area contributed by atoms with Gasteiger partial charge in [-0.15, -0.1) is 0 Å². The first kappa shape index (κ1) is 22.4. The highest BCUT2D eigenvalue weighted by Crippen LogP contribution is 2.48. The molecule has 7 nitrogen and oxygen atoms in total. The molecule has 0 unspecified atom stereocenters. The van der Waals surface area contributed by atoms with Gasteiger partial charge < -0.3 is 21.3 Å². The number of nitrogens with zero attached hydrogens (tertiary/aromatic N) is 1. The molecule has 0 spiro atoms. The van der Waals surface area contributed by atoms with Gasteiger partial charge in [-0.2, -0.15) is 4.99 Å². The molecule has 3 fully saturated rings. The average Bonchev–Trinajstić information content (AvgIpc) is 3.72. The summed E-state index contributed by atoms with van der Waals surface area (Å²) in [5.41, 5.74) is 4.27. The van der Waals surface area contributed by atoms with Crippen LogP contribution in [0.25, 0.3) is 0 Å².